The van der Waals surface area contributed by atoms with E-state index in [0.717, 1.165) is 25.9 Å². The molecule has 0 unspecified atom stereocenters. The first kappa shape index (κ1) is 14.5. The van der Waals surface area contributed by atoms with Crippen LogP contribution in [0, 0.1) is 0 Å². The lowest BCUT2D eigenvalue weighted by atomic mass is 10.2. The Morgan fingerprint density at radius 1 is 1.10 bits per heavy atom. The van der Waals surface area contributed by atoms with E-state index >= 15 is 0 Å². The fraction of sp³-hybridized carbons (Fsp3) is 0.250. The number of nitrogens with two attached hydrogens (primary N) is 1. The largest absolute Gasteiger partial charge is 0.393 e. The number of para-hydroxylation sites is 1. The standard InChI is InChI=1S/C16H19N3S/c17-16(20)9-12-19(15-6-2-1-3-7-15)11-8-14-5-4-10-18-13-14/h1-7,10,13H,8-9,11-12H2,(H2,17,20). The van der Waals surface area contributed by atoms with Gasteiger partial charge in [-0.05, 0) is 30.2 Å². The van der Waals surface area contributed by atoms with Crippen LogP contribution in [0.2, 0.25) is 0 Å². The Kier molecular flexibility index (Phi) is 5.50. The number of anilines is 1. The molecule has 0 amide bonds. The van der Waals surface area contributed by atoms with Crippen molar-refractivity contribution >= 4 is 22.9 Å². The predicted octanol–water partition coefficient (Wildman–Crippen LogP) is 2.81. The number of aromatic nitrogens is 1. The lowest BCUT2D eigenvalue weighted by molar-refractivity contribution is 0.787. The van der Waals surface area contributed by atoms with Crippen molar-refractivity contribution in [3.05, 3.63) is 60.4 Å². The summed E-state index contributed by atoms with van der Waals surface area (Å²) in [6.45, 7) is 1.78. The normalized spacial score (nSPS) is 10.2. The predicted molar refractivity (Wildman–Crippen MR) is 88.0 cm³/mol. The lowest BCUT2D eigenvalue weighted by Crippen LogP contribution is -2.29. The van der Waals surface area contributed by atoms with E-state index in [1.54, 1.807) is 6.20 Å². The minimum Gasteiger partial charge on any atom is -0.393 e. The van der Waals surface area contributed by atoms with E-state index in [0.29, 0.717) is 4.99 Å². The molecule has 2 aromatic rings. The highest BCUT2D eigenvalue weighted by molar-refractivity contribution is 7.80. The van der Waals surface area contributed by atoms with Crippen molar-refractivity contribution < 1.29 is 0 Å². The third-order valence-electron chi connectivity index (χ3n) is 3.14. The van der Waals surface area contributed by atoms with Gasteiger partial charge in [0.2, 0.25) is 0 Å². The molecule has 0 saturated carbocycles. The van der Waals surface area contributed by atoms with Gasteiger partial charge in [0.1, 0.15) is 0 Å². The van der Waals surface area contributed by atoms with Crippen LogP contribution >= 0.6 is 12.2 Å². The number of hydrogen-bond donors (Lipinski definition) is 1. The molecule has 0 aliphatic rings. The van der Waals surface area contributed by atoms with Crippen LogP contribution in [0.4, 0.5) is 5.69 Å². The molecular formula is C16H19N3S. The van der Waals surface area contributed by atoms with Crippen molar-refractivity contribution in [2.45, 2.75) is 12.8 Å². The molecule has 0 radical (unpaired) electrons. The molecular weight excluding hydrogens is 266 g/mol. The molecule has 0 atom stereocenters. The zero-order chi connectivity index (χ0) is 14.2. The molecule has 0 aliphatic carbocycles. The van der Waals surface area contributed by atoms with Crippen molar-refractivity contribution in [1.29, 1.82) is 0 Å². The number of thiocarbonyl (C=S) groups is 1. The minimum absolute atomic E-state index is 0.562. The highest BCUT2D eigenvalue weighted by Gasteiger charge is 2.07. The summed E-state index contributed by atoms with van der Waals surface area (Å²) in [5.41, 5.74) is 8.06. The molecule has 0 spiro atoms. The molecule has 0 aliphatic heterocycles. The fourth-order valence-corrected chi connectivity index (χ4v) is 2.16. The lowest BCUT2D eigenvalue weighted by Gasteiger charge is -2.24. The minimum atomic E-state index is 0.562. The van der Waals surface area contributed by atoms with E-state index in [4.69, 9.17) is 18.0 Å². The van der Waals surface area contributed by atoms with Crippen LogP contribution in [-0.2, 0) is 6.42 Å². The Balaban J connectivity index is 2.01. The van der Waals surface area contributed by atoms with E-state index in [9.17, 15) is 0 Å². The maximum atomic E-state index is 5.62. The van der Waals surface area contributed by atoms with Gasteiger partial charge in [0.15, 0.2) is 0 Å². The summed E-state index contributed by atoms with van der Waals surface area (Å²) >= 11 is 4.98. The van der Waals surface area contributed by atoms with Crippen LogP contribution in [0.15, 0.2) is 54.9 Å². The van der Waals surface area contributed by atoms with Crippen LogP contribution in [0.5, 0.6) is 0 Å². The van der Waals surface area contributed by atoms with Gasteiger partial charge >= 0.3 is 0 Å². The van der Waals surface area contributed by atoms with Gasteiger partial charge in [-0.25, -0.2) is 0 Å². The van der Waals surface area contributed by atoms with Crippen molar-refractivity contribution in [2.75, 3.05) is 18.0 Å². The van der Waals surface area contributed by atoms with Crippen molar-refractivity contribution in [1.82, 2.24) is 4.98 Å². The molecule has 1 aromatic heterocycles. The van der Waals surface area contributed by atoms with E-state index < -0.39 is 0 Å². The maximum Gasteiger partial charge on any atom is 0.0745 e. The van der Waals surface area contributed by atoms with Gasteiger partial charge in [-0.15, -0.1) is 0 Å². The zero-order valence-electron chi connectivity index (χ0n) is 11.4. The van der Waals surface area contributed by atoms with E-state index in [1.807, 2.05) is 30.5 Å². The second-order valence-electron chi connectivity index (χ2n) is 4.65. The van der Waals surface area contributed by atoms with E-state index in [2.05, 4.69) is 28.1 Å². The second kappa shape index (κ2) is 7.60. The van der Waals surface area contributed by atoms with Gasteiger partial charge in [-0.3, -0.25) is 4.98 Å². The highest BCUT2D eigenvalue weighted by Crippen LogP contribution is 2.14. The highest BCUT2D eigenvalue weighted by atomic mass is 32.1. The first-order valence-corrected chi connectivity index (χ1v) is 7.14. The van der Waals surface area contributed by atoms with Crippen LogP contribution in [0.3, 0.4) is 0 Å². The number of rotatable bonds is 7. The van der Waals surface area contributed by atoms with Gasteiger partial charge in [0.05, 0.1) is 4.99 Å². The summed E-state index contributed by atoms with van der Waals surface area (Å²) in [6, 6.07) is 14.4. The first-order valence-electron chi connectivity index (χ1n) is 6.73. The van der Waals surface area contributed by atoms with Crippen molar-refractivity contribution in [3.8, 4) is 0 Å². The van der Waals surface area contributed by atoms with Crippen molar-refractivity contribution in [2.24, 2.45) is 5.73 Å². The Hall–Kier alpha value is -1.94. The second-order valence-corrected chi connectivity index (χ2v) is 5.17. The molecule has 2 rings (SSSR count). The van der Waals surface area contributed by atoms with Crippen LogP contribution in [0.1, 0.15) is 12.0 Å². The SMILES string of the molecule is NC(=S)CCN(CCc1cccnc1)c1ccccc1. The molecule has 0 saturated heterocycles. The monoisotopic (exact) mass is 285 g/mol. The average molecular weight is 285 g/mol. The fourth-order valence-electron chi connectivity index (χ4n) is 2.06. The average Bonchev–Trinajstić information content (AvgIpc) is 2.49. The molecule has 2 N–H and O–H groups in total. The molecule has 3 nitrogen and oxygen atoms in total. The molecule has 1 heterocycles. The Labute approximate surface area is 125 Å². The smallest absolute Gasteiger partial charge is 0.0745 e. The number of hydrogen-bond acceptors (Lipinski definition) is 3. The topological polar surface area (TPSA) is 42.1 Å². The van der Waals surface area contributed by atoms with Gasteiger partial charge in [-0.2, -0.15) is 0 Å². The molecule has 4 heteroatoms. The van der Waals surface area contributed by atoms with Crippen LogP contribution in [0.25, 0.3) is 0 Å². The van der Waals surface area contributed by atoms with Crippen molar-refractivity contribution in [3.63, 3.8) is 0 Å². The molecule has 104 valence electrons. The quantitative estimate of drug-likeness (QED) is 0.794. The zero-order valence-corrected chi connectivity index (χ0v) is 12.2. The van der Waals surface area contributed by atoms with Crippen LogP contribution < -0.4 is 10.6 Å². The number of pyridine rings is 1. The molecule has 0 bridgehead atoms. The summed E-state index contributed by atoms with van der Waals surface area (Å²) in [5, 5.41) is 0. The van der Waals surface area contributed by atoms with Gasteiger partial charge < -0.3 is 10.6 Å². The number of nitrogens with zero attached hydrogens (tertiary/aromatic N) is 2. The third kappa shape index (κ3) is 4.63. The third-order valence-corrected chi connectivity index (χ3v) is 3.35. The summed E-state index contributed by atoms with van der Waals surface area (Å²) in [5.74, 6) is 0. The van der Waals surface area contributed by atoms with Gasteiger partial charge in [-0.1, -0.05) is 36.5 Å². The van der Waals surface area contributed by atoms with E-state index in [-0.39, 0.29) is 0 Å². The van der Waals surface area contributed by atoms with Crippen LogP contribution in [-0.4, -0.2) is 23.1 Å². The van der Waals surface area contributed by atoms with Gasteiger partial charge in [0, 0.05) is 37.6 Å². The Bertz CT molecular complexity index is 528. The summed E-state index contributed by atoms with van der Waals surface area (Å²) < 4.78 is 0. The Morgan fingerprint density at radius 2 is 1.90 bits per heavy atom. The molecule has 0 fully saturated rings. The Morgan fingerprint density at radius 3 is 2.55 bits per heavy atom. The van der Waals surface area contributed by atoms with Gasteiger partial charge in [0.25, 0.3) is 0 Å². The number of benzene rings is 1. The summed E-state index contributed by atoms with van der Waals surface area (Å²) in [7, 11) is 0. The first-order chi connectivity index (χ1) is 9.75. The molecule has 20 heavy (non-hydrogen) atoms. The maximum absolute atomic E-state index is 5.62. The molecule has 1 aromatic carbocycles. The van der Waals surface area contributed by atoms with E-state index in [1.165, 1.54) is 11.3 Å². The summed E-state index contributed by atoms with van der Waals surface area (Å²) in [4.78, 5) is 7.02. The summed E-state index contributed by atoms with van der Waals surface area (Å²) in [6.07, 6.45) is 5.40.